The minimum absolute atomic E-state index is 0.168. The summed E-state index contributed by atoms with van der Waals surface area (Å²) in [6.45, 7) is 1.22. The molecule has 0 aromatic heterocycles. The Bertz CT molecular complexity index is 947. The van der Waals surface area contributed by atoms with Crippen LogP contribution in [-0.4, -0.2) is 39.3 Å². The van der Waals surface area contributed by atoms with Crippen molar-refractivity contribution in [3.63, 3.8) is 0 Å². The second-order valence-electron chi connectivity index (χ2n) is 6.24. The molecule has 0 spiro atoms. The Morgan fingerprint density at radius 1 is 1.07 bits per heavy atom. The van der Waals surface area contributed by atoms with E-state index in [1.165, 1.54) is 0 Å². The third kappa shape index (κ3) is 3.57. The molecule has 0 saturated carbocycles. The Hall–Kier alpha value is -3.12. The first-order valence-corrected chi connectivity index (χ1v) is 8.50. The molecule has 3 rings (SSSR count). The maximum absolute atomic E-state index is 12.5. The number of halogens is 1. The Labute approximate surface area is 160 Å². The Morgan fingerprint density at radius 3 is 2.22 bits per heavy atom. The molecule has 7 heteroatoms. The van der Waals surface area contributed by atoms with Gasteiger partial charge in [-0.25, -0.2) is 0 Å². The lowest BCUT2D eigenvalue weighted by Gasteiger charge is -2.36. The van der Waals surface area contributed by atoms with Crippen molar-refractivity contribution < 1.29 is 24.6 Å². The molecule has 1 aliphatic heterocycles. The number of rotatable bonds is 4. The van der Waals surface area contributed by atoms with Crippen LogP contribution in [0.5, 0.6) is 0 Å². The first-order chi connectivity index (χ1) is 12.8. The molecule has 0 fully saturated rings. The highest BCUT2D eigenvalue weighted by molar-refractivity contribution is 6.44. The van der Waals surface area contributed by atoms with Crippen LogP contribution in [0.25, 0.3) is 5.57 Å². The lowest BCUT2D eigenvalue weighted by Crippen LogP contribution is -2.47. The zero-order chi connectivity index (χ0) is 19.7. The number of hydrogen-bond donors (Lipinski definition) is 2. The van der Waals surface area contributed by atoms with Crippen molar-refractivity contribution >= 4 is 34.8 Å². The summed E-state index contributed by atoms with van der Waals surface area (Å²) in [7, 11) is 0. The van der Waals surface area contributed by atoms with Gasteiger partial charge in [-0.05, 0) is 30.2 Å². The van der Waals surface area contributed by atoms with Gasteiger partial charge in [0.15, 0.2) is 5.76 Å². The number of carboxylic acids is 1. The first-order valence-electron chi connectivity index (χ1n) is 8.12. The van der Waals surface area contributed by atoms with Gasteiger partial charge in [-0.15, -0.1) is 0 Å². The number of aliphatic carboxylic acids is 1. The van der Waals surface area contributed by atoms with Crippen LogP contribution in [0.2, 0.25) is 5.02 Å². The number of amides is 1. The minimum atomic E-state index is -1.26. The van der Waals surface area contributed by atoms with E-state index in [2.05, 4.69) is 0 Å². The normalized spacial score (nSPS) is 17.4. The first kappa shape index (κ1) is 18.7. The summed E-state index contributed by atoms with van der Waals surface area (Å²) >= 11 is 5.92. The predicted molar refractivity (Wildman–Crippen MR) is 99.3 cm³/mol. The van der Waals surface area contributed by atoms with Crippen LogP contribution in [0.3, 0.4) is 0 Å². The molecule has 1 heterocycles. The smallest absolute Gasteiger partial charge is 0.323 e. The lowest BCUT2D eigenvalue weighted by molar-refractivity contribution is -0.151. The Balaban J connectivity index is 2.24. The number of hydrogen-bond acceptors (Lipinski definition) is 4. The fraction of sp³-hybridized carbons (Fsp3) is 0.150. The molecule has 0 unspecified atom stereocenters. The lowest BCUT2D eigenvalue weighted by atomic mass is 9.86. The van der Waals surface area contributed by atoms with E-state index in [4.69, 9.17) is 11.6 Å². The number of nitrogens with zero attached hydrogens (tertiary/aromatic N) is 1. The van der Waals surface area contributed by atoms with Gasteiger partial charge in [-0.2, -0.15) is 0 Å². The predicted octanol–water partition coefficient (Wildman–Crippen LogP) is 3.15. The molecule has 0 saturated heterocycles. The Kier molecular flexibility index (Phi) is 5.01. The summed E-state index contributed by atoms with van der Waals surface area (Å²) in [5.74, 6) is -4.14. The monoisotopic (exact) mass is 385 g/mol. The molecule has 6 nitrogen and oxygen atoms in total. The average molecular weight is 386 g/mol. The summed E-state index contributed by atoms with van der Waals surface area (Å²) in [6, 6.07) is 12.6. The molecule has 2 aromatic carbocycles. The van der Waals surface area contributed by atoms with E-state index in [0.717, 1.165) is 10.5 Å². The van der Waals surface area contributed by atoms with E-state index in [0.29, 0.717) is 16.1 Å². The van der Waals surface area contributed by atoms with Gasteiger partial charge >= 0.3 is 5.97 Å². The number of Topliss-reactive ketones (excluding diaryl/α,β-unsaturated/α-hetero) is 1. The fourth-order valence-electron chi connectivity index (χ4n) is 3.08. The van der Waals surface area contributed by atoms with Gasteiger partial charge in [0, 0.05) is 10.6 Å². The third-order valence-corrected chi connectivity index (χ3v) is 4.62. The van der Waals surface area contributed by atoms with Crippen LogP contribution >= 0.6 is 11.6 Å². The number of carboxylic acid groups (broad SMARTS) is 1. The largest absolute Gasteiger partial charge is 0.504 e. The van der Waals surface area contributed by atoms with Gasteiger partial charge in [-0.1, -0.05) is 53.6 Å². The molecule has 0 aliphatic carbocycles. The van der Waals surface area contributed by atoms with Crippen molar-refractivity contribution in [1.29, 1.82) is 0 Å². The van der Waals surface area contributed by atoms with Crippen molar-refractivity contribution in [2.45, 2.75) is 13.0 Å². The number of ketones is 1. The van der Waals surface area contributed by atoms with Crippen molar-refractivity contribution in [2.75, 3.05) is 6.54 Å². The van der Waals surface area contributed by atoms with Crippen LogP contribution in [0.4, 0.5) is 0 Å². The Morgan fingerprint density at radius 2 is 1.67 bits per heavy atom. The van der Waals surface area contributed by atoms with Crippen molar-refractivity contribution in [3.05, 3.63) is 76.0 Å². The summed E-state index contributed by atoms with van der Waals surface area (Å²) in [5.41, 5.74) is 2.20. The van der Waals surface area contributed by atoms with Crippen LogP contribution in [0.1, 0.15) is 22.7 Å². The van der Waals surface area contributed by atoms with Crippen molar-refractivity contribution in [3.8, 4) is 0 Å². The zero-order valence-corrected chi connectivity index (χ0v) is 15.1. The molecule has 0 bridgehead atoms. The summed E-state index contributed by atoms with van der Waals surface area (Å²) in [5, 5.41) is 20.2. The summed E-state index contributed by atoms with van der Waals surface area (Å²) < 4.78 is 0. The van der Waals surface area contributed by atoms with Crippen molar-refractivity contribution in [1.82, 2.24) is 4.90 Å². The highest BCUT2D eigenvalue weighted by atomic mass is 35.5. The number of aryl methyl sites for hydroxylation is 1. The minimum Gasteiger partial charge on any atom is -0.504 e. The number of aliphatic hydroxyl groups excluding tert-OH is 1. The molecule has 1 atom stereocenters. The van der Waals surface area contributed by atoms with E-state index < -0.39 is 36.0 Å². The van der Waals surface area contributed by atoms with Gasteiger partial charge in [-0.3, -0.25) is 14.4 Å². The standard InChI is InChI=1S/C20H16ClNO5/c1-11-2-4-13(5-3-11)17-16(12-6-8-14(21)9-7-12)18(25)19(26)20(27)22(17)10-15(23)24/h2-9,17,25H,10H2,1H3,(H,23,24)/t17-/m1/s1. The number of benzene rings is 2. The van der Waals surface area contributed by atoms with Crippen molar-refractivity contribution in [2.24, 2.45) is 0 Å². The molecule has 1 amide bonds. The quantitative estimate of drug-likeness (QED) is 0.788. The van der Waals surface area contributed by atoms with Crippen LogP contribution in [0, 0.1) is 6.92 Å². The van der Waals surface area contributed by atoms with Crippen LogP contribution in [0.15, 0.2) is 54.3 Å². The van der Waals surface area contributed by atoms with Gasteiger partial charge in [0.1, 0.15) is 6.54 Å². The molecule has 1 aliphatic rings. The SMILES string of the molecule is Cc1ccc([C@@H]2C(c3ccc(Cl)cc3)=C(O)C(=O)C(=O)N2CC(=O)O)cc1. The summed E-state index contributed by atoms with van der Waals surface area (Å²) in [6.07, 6.45) is 0. The van der Waals surface area contributed by atoms with E-state index in [-0.39, 0.29) is 5.57 Å². The number of carbonyl (C=O) groups is 3. The molecule has 2 aromatic rings. The molecular weight excluding hydrogens is 370 g/mol. The third-order valence-electron chi connectivity index (χ3n) is 4.36. The molecule has 0 radical (unpaired) electrons. The van der Waals surface area contributed by atoms with Gasteiger partial charge in [0.25, 0.3) is 11.7 Å². The number of carbonyl (C=O) groups excluding carboxylic acids is 2. The molecule has 27 heavy (non-hydrogen) atoms. The second-order valence-corrected chi connectivity index (χ2v) is 6.67. The molecular formula is C20H16ClNO5. The van der Waals surface area contributed by atoms with Crippen LogP contribution in [-0.2, 0) is 14.4 Å². The average Bonchev–Trinajstić information content (AvgIpc) is 2.63. The topological polar surface area (TPSA) is 94.9 Å². The van der Waals surface area contributed by atoms with Gasteiger partial charge in [0.05, 0.1) is 6.04 Å². The highest BCUT2D eigenvalue weighted by Gasteiger charge is 2.42. The molecule has 2 N–H and O–H groups in total. The van der Waals surface area contributed by atoms with E-state index >= 15 is 0 Å². The summed E-state index contributed by atoms with van der Waals surface area (Å²) in [4.78, 5) is 37.0. The fourth-order valence-corrected chi connectivity index (χ4v) is 3.21. The highest BCUT2D eigenvalue weighted by Crippen LogP contribution is 2.40. The van der Waals surface area contributed by atoms with E-state index in [9.17, 15) is 24.6 Å². The van der Waals surface area contributed by atoms with Gasteiger partial charge in [0.2, 0.25) is 0 Å². The molecule has 138 valence electrons. The second kappa shape index (κ2) is 7.25. The number of aliphatic hydroxyl groups is 1. The maximum atomic E-state index is 12.5. The van der Waals surface area contributed by atoms with Gasteiger partial charge < -0.3 is 15.1 Å². The van der Waals surface area contributed by atoms with E-state index in [1.807, 2.05) is 19.1 Å². The van der Waals surface area contributed by atoms with E-state index in [1.54, 1.807) is 36.4 Å². The van der Waals surface area contributed by atoms with Crippen LogP contribution < -0.4 is 0 Å². The zero-order valence-electron chi connectivity index (χ0n) is 14.3. The maximum Gasteiger partial charge on any atom is 0.323 e.